The number of carbonyl (C=O) groups excluding carboxylic acids is 1. The molecule has 5 nitrogen and oxygen atoms in total. The maximum Gasteiger partial charge on any atom is 0.308 e. The number of piperidine rings is 1. The van der Waals surface area contributed by atoms with Crippen molar-refractivity contribution in [1.82, 2.24) is 5.32 Å². The molecule has 1 aliphatic heterocycles. The van der Waals surface area contributed by atoms with Crippen molar-refractivity contribution in [3.8, 4) is 5.75 Å². The average Bonchev–Trinajstić information content (AvgIpc) is 2.48. The number of benzene rings is 1. The summed E-state index contributed by atoms with van der Waals surface area (Å²) in [5.41, 5.74) is 0.668. The molecule has 0 aromatic heterocycles. The molecule has 0 radical (unpaired) electrons. The molecule has 110 valence electrons. The number of hydrogen-bond donors (Lipinski definition) is 2. The van der Waals surface area contributed by atoms with Gasteiger partial charge in [-0.15, -0.1) is 0 Å². The SMILES string of the molecule is COC(=O)C[C@@H](O)c1cccc(OC2CCNCC2)c1. The lowest BCUT2D eigenvalue weighted by molar-refractivity contribution is -0.142. The Hall–Kier alpha value is -1.59. The Bertz CT molecular complexity index is 443. The molecular weight excluding hydrogens is 258 g/mol. The fourth-order valence-electron chi connectivity index (χ4n) is 2.26. The lowest BCUT2D eigenvalue weighted by Crippen LogP contribution is -2.34. The van der Waals surface area contributed by atoms with Crippen LogP contribution in [-0.2, 0) is 9.53 Å². The smallest absolute Gasteiger partial charge is 0.308 e. The van der Waals surface area contributed by atoms with E-state index < -0.39 is 12.1 Å². The normalized spacial score (nSPS) is 17.5. The maximum absolute atomic E-state index is 11.2. The summed E-state index contributed by atoms with van der Waals surface area (Å²) >= 11 is 0. The molecule has 0 amide bonds. The molecule has 0 unspecified atom stereocenters. The van der Waals surface area contributed by atoms with Crippen molar-refractivity contribution in [3.63, 3.8) is 0 Å². The third-order valence-electron chi connectivity index (χ3n) is 3.42. The maximum atomic E-state index is 11.2. The van der Waals surface area contributed by atoms with Crippen LogP contribution < -0.4 is 10.1 Å². The van der Waals surface area contributed by atoms with Gasteiger partial charge in [0.15, 0.2) is 0 Å². The molecular formula is C15H21NO4. The molecule has 1 atom stereocenters. The van der Waals surface area contributed by atoms with E-state index in [9.17, 15) is 9.90 Å². The van der Waals surface area contributed by atoms with Crippen LogP contribution in [0.4, 0.5) is 0 Å². The largest absolute Gasteiger partial charge is 0.490 e. The molecule has 5 heteroatoms. The number of aliphatic hydroxyl groups is 1. The second kappa shape index (κ2) is 7.26. The fourth-order valence-corrected chi connectivity index (χ4v) is 2.26. The molecule has 2 N–H and O–H groups in total. The van der Waals surface area contributed by atoms with Crippen molar-refractivity contribution >= 4 is 5.97 Å². The first-order valence-corrected chi connectivity index (χ1v) is 6.91. The molecule has 1 fully saturated rings. The van der Waals surface area contributed by atoms with Crippen molar-refractivity contribution in [2.24, 2.45) is 0 Å². The van der Waals surface area contributed by atoms with Gasteiger partial charge in [0.25, 0.3) is 0 Å². The lowest BCUT2D eigenvalue weighted by Gasteiger charge is -2.24. The molecule has 1 aliphatic rings. The first-order chi connectivity index (χ1) is 9.69. The summed E-state index contributed by atoms with van der Waals surface area (Å²) in [5, 5.41) is 13.3. The molecule has 1 saturated heterocycles. The minimum absolute atomic E-state index is 0.0483. The van der Waals surface area contributed by atoms with Gasteiger partial charge in [-0.05, 0) is 43.6 Å². The second-order valence-electron chi connectivity index (χ2n) is 4.94. The van der Waals surface area contributed by atoms with E-state index in [0.29, 0.717) is 5.56 Å². The number of hydrogen-bond acceptors (Lipinski definition) is 5. The molecule has 0 aliphatic carbocycles. The Kier molecular flexibility index (Phi) is 5.38. The Labute approximate surface area is 118 Å². The predicted molar refractivity (Wildman–Crippen MR) is 74.6 cm³/mol. The third-order valence-corrected chi connectivity index (χ3v) is 3.42. The van der Waals surface area contributed by atoms with E-state index in [1.54, 1.807) is 12.1 Å². The number of carbonyl (C=O) groups is 1. The van der Waals surface area contributed by atoms with Gasteiger partial charge in [-0.25, -0.2) is 0 Å². The van der Waals surface area contributed by atoms with Crippen LogP contribution in [0.2, 0.25) is 0 Å². The second-order valence-corrected chi connectivity index (χ2v) is 4.94. The van der Waals surface area contributed by atoms with Crippen LogP contribution in [0.15, 0.2) is 24.3 Å². The summed E-state index contributed by atoms with van der Waals surface area (Å²) in [5.74, 6) is 0.306. The predicted octanol–water partition coefficient (Wildman–Crippen LogP) is 1.41. The molecule has 1 heterocycles. The van der Waals surface area contributed by atoms with E-state index in [1.165, 1.54) is 7.11 Å². The van der Waals surface area contributed by atoms with Gasteiger partial charge >= 0.3 is 5.97 Å². The van der Waals surface area contributed by atoms with Gasteiger partial charge < -0.3 is 19.9 Å². The summed E-state index contributed by atoms with van der Waals surface area (Å²) in [6.07, 6.45) is 1.26. The van der Waals surface area contributed by atoms with Crippen molar-refractivity contribution in [2.45, 2.75) is 31.5 Å². The molecule has 0 bridgehead atoms. The van der Waals surface area contributed by atoms with Gasteiger partial charge in [0, 0.05) is 0 Å². The molecule has 0 spiro atoms. The van der Waals surface area contributed by atoms with Crippen LogP contribution in [0.3, 0.4) is 0 Å². The summed E-state index contributed by atoms with van der Waals surface area (Å²) < 4.78 is 10.5. The van der Waals surface area contributed by atoms with Gasteiger partial charge in [-0.2, -0.15) is 0 Å². The van der Waals surface area contributed by atoms with Crippen LogP contribution >= 0.6 is 0 Å². The van der Waals surface area contributed by atoms with Gasteiger partial charge in [0.05, 0.1) is 19.6 Å². The van der Waals surface area contributed by atoms with Crippen molar-refractivity contribution in [1.29, 1.82) is 0 Å². The molecule has 1 aromatic rings. The van der Waals surface area contributed by atoms with Gasteiger partial charge in [-0.1, -0.05) is 12.1 Å². The van der Waals surface area contributed by atoms with E-state index in [0.717, 1.165) is 31.7 Å². The van der Waals surface area contributed by atoms with Crippen molar-refractivity contribution < 1.29 is 19.4 Å². The summed E-state index contributed by atoms with van der Waals surface area (Å²) in [6.45, 7) is 1.94. The van der Waals surface area contributed by atoms with E-state index >= 15 is 0 Å². The molecule has 1 aromatic carbocycles. The summed E-state index contributed by atoms with van der Waals surface area (Å²) in [7, 11) is 1.31. The summed E-state index contributed by atoms with van der Waals surface area (Å²) in [6, 6.07) is 7.27. The van der Waals surface area contributed by atoms with Crippen molar-refractivity contribution in [2.75, 3.05) is 20.2 Å². The Balaban J connectivity index is 1.97. The Morgan fingerprint density at radius 2 is 2.20 bits per heavy atom. The lowest BCUT2D eigenvalue weighted by atomic mass is 10.1. The van der Waals surface area contributed by atoms with E-state index in [1.807, 2.05) is 12.1 Å². The van der Waals surface area contributed by atoms with Crippen LogP contribution in [0.5, 0.6) is 5.75 Å². The molecule has 0 saturated carbocycles. The fraction of sp³-hybridized carbons (Fsp3) is 0.533. The number of esters is 1. The Morgan fingerprint density at radius 1 is 1.45 bits per heavy atom. The quantitative estimate of drug-likeness (QED) is 0.798. The highest BCUT2D eigenvalue weighted by Gasteiger charge is 2.17. The standard InChI is InChI=1S/C15H21NO4/c1-19-15(18)10-14(17)11-3-2-4-13(9-11)20-12-5-7-16-8-6-12/h2-4,9,12,14,16-17H,5-8,10H2,1H3/t14-/m1/s1. The van der Waals surface area contributed by atoms with Crippen molar-refractivity contribution in [3.05, 3.63) is 29.8 Å². The van der Waals surface area contributed by atoms with E-state index in [2.05, 4.69) is 10.1 Å². The number of ether oxygens (including phenoxy) is 2. The van der Waals surface area contributed by atoms with E-state index in [-0.39, 0.29) is 12.5 Å². The number of aliphatic hydroxyl groups excluding tert-OH is 1. The molecule has 2 rings (SSSR count). The minimum atomic E-state index is -0.862. The number of nitrogens with one attached hydrogen (secondary N) is 1. The highest BCUT2D eigenvalue weighted by atomic mass is 16.5. The number of rotatable bonds is 5. The van der Waals surface area contributed by atoms with Crippen LogP contribution in [0.1, 0.15) is 30.9 Å². The zero-order valence-corrected chi connectivity index (χ0v) is 11.7. The van der Waals surface area contributed by atoms with Gasteiger partial charge in [0.2, 0.25) is 0 Å². The van der Waals surface area contributed by atoms with Gasteiger partial charge in [0.1, 0.15) is 11.9 Å². The van der Waals surface area contributed by atoms with Crippen LogP contribution in [-0.4, -0.2) is 37.4 Å². The van der Waals surface area contributed by atoms with Crippen LogP contribution in [0.25, 0.3) is 0 Å². The monoisotopic (exact) mass is 279 g/mol. The summed E-state index contributed by atoms with van der Waals surface area (Å²) in [4.78, 5) is 11.2. The first kappa shape index (κ1) is 14.8. The highest BCUT2D eigenvalue weighted by Crippen LogP contribution is 2.23. The van der Waals surface area contributed by atoms with E-state index in [4.69, 9.17) is 4.74 Å². The number of methoxy groups -OCH3 is 1. The zero-order chi connectivity index (χ0) is 14.4. The zero-order valence-electron chi connectivity index (χ0n) is 11.7. The highest BCUT2D eigenvalue weighted by molar-refractivity contribution is 5.70. The third kappa shape index (κ3) is 4.21. The topological polar surface area (TPSA) is 67.8 Å². The average molecular weight is 279 g/mol. The minimum Gasteiger partial charge on any atom is -0.490 e. The van der Waals surface area contributed by atoms with Gasteiger partial charge in [-0.3, -0.25) is 4.79 Å². The van der Waals surface area contributed by atoms with Crippen LogP contribution in [0, 0.1) is 0 Å². The molecule has 20 heavy (non-hydrogen) atoms. The Morgan fingerprint density at radius 3 is 2.90 bits per heavy atom. The first-order valence-electron chi connectivity index (χ1n) is 6.91.